The number of carbonyl (C=O) groups is 1. The van der Waals surface area contributed by atoms with Gasteiger partial charge < -0.3 is 20.3 Å². The lowest BCUT2D eigenvalue weighted by atomic mass is 10.1. The second-order valence-electron chi connectivity index (χ2n) is 5.88. The maximum atomic E-state index is 11.5. The van der Waals surface area contributed by atoms with E-state index >= 15 is 0 Å². The summed E-state index contributed by atoms with van der Waals surface area (Å²) in [6, 6.07) is 5.87. The highest BCUT2D eigenvalue weighted by molar-refractivity contribution is 5.89. The van der Waals surface area contributed by atoms with Crippen molar-refractivity contribution in [2.45, 2.75) is 13.3 Å². The van der Waals surface area contributed by atoms with Crippen molar-refractivity contribution in [1.29, 1.82) is 0 Å². The number of hydrogen-bond acceptors (Lipinski definition) is 4. The molecule has 1 fully saturated rings. The van der Waals surface area contributed by atoms with Crippen LogP contribution in [-0.2, 0) is 4.74 Å². The molecule has 0 aromatic heterocycles. The SMILES string of the molecule is CNC(=O)Nc1ccc(C)c(N2CCN(CCCOC)CC2)c1. The van der Waals surface area contributed by atoms with Crippen LogP contribution < -0.4 is 15.5 Å². The van der Waals surface area contributed by atoms with Crippen molar-refractivity contribution < 1.29 is 9.53 Å². The third-order valence-corrected chi connectivity index (χ3v) is 4.23. The van der Waals surface area contributed by atoms with E-state index in [0.29, 0.717) is 0 Å². The van der Waals surface area contributed by atoms with Crippen molar-refractivity contribution in [3.05, 3.63) is 23.8 Å². The van der Waals surface area contributed by atoms with Crippen molar-refractivity contribution in [2.75, 3.05) is 63.7 Å². The Morgan fingerprint density at radius 3 is 2.65 bits per heavy atom. The molecule has 2 rings (SSSR count). The predicted octanol–water partition coefficient (Wildman–Crippen LogP) is 1.90. The van der Waals surface area contributed by atoms with E-state index in [4.69, 9.17) is 4.74 Å². The Balaban J connectivity index is 1.94. The Morgan fingerprint density at radius 1 is 1.26 bits per heavy atom. The van der Waals surface area contributed by atoms with Gasteiger partial charge in [-0.2, -0.15) is 0 Å². The molecular formula is C17H28N4O2. The van der Waals surface area contributed by atoms with Gasteiger partial charge in [0, 0.05) is 64.9 Å². The summed E-state index contributed by atoms with van der Waals surface area (Å²) in [6.07, 6.45) is 1.08. The fourth-order valence-corrected chi connectivity index (χ4v) is 2.87. The normalized spacial score (nSPS) is 15.5. The smallest absolute Gasteiger partial charge is 0.318 e. The number of urea groups is 1. The standard InChI is InChI=1S/C17H28N4O2/c1-14-5-6-15(19-17(22)18-2)13-16(14)21-10-8-20(9-11-21)7-4-12-23-3/h5-6,13H,4,7-12H2,1-3H3,(H2,18,19,22). The number of amides is 2. The van der Waals surface area contributed by atoms with Crippen molar-refractivity contribution >= 4 is 17.4 Å². The number of methoxy groups -OCH3 is 1. The van der Waals surface area contributed by atoms with Crippen LogP contribution in [0, 0.1) is 6.92 Å². The highest BCUT2D eigenvalue weighted by Gasteiger charge is 2.18. The summed E-state index contributed by atoms with van der Waals surface area (Å²) in [5.74, 6) is 0. The van der Waals surface area contributed by atoms with Crippen molar-refractivity contribution in [3.63, 3.8) is 0 Å². The highest BCUT2D eigenvalue weighted by Crippen LogP contribution is 2.25. The molecular weight excluding hydrogens is 292 g/mol. The Bertz CT molecular complexity index is 513. The highest BCUT2D eigenvalue weighted by atomic mass is 16.5. The van der Waals surface area contributed by atoms with Crippen LogP contribution >= 0.6 is 0 Å². The van der Waals surface area contributed by atoms with Crippen LogP contribution in [0.5, 0.6) is 0 Å². The van der Waals surface area contributed by atoms with Gasteiger partial charge in [0.1, 0.15) is 0 Å². The molecule has 1 aromatic rings. The zero-order valence-electron chi connectivity index (χ0n) is 14.4. The van der Waals surface area contributed by atoms with Crippen LogP contribution in [0.15, 0.2) is 18.2 Å². The second kappa shape index (κ2) is 8.74. The number of anilines is 2. The van der Waals surface area contributed by atoms with Gasteiger partial charge in [-0.05, 0) is 31.0 Å². The first kappa shape index (κ1) is 17.6. The van der Waals surface area contributed by atoms with Crippen molar-refractivity contribution in [1.82, 2.24) is 10.2 Å². The predicted molar refractivity (Wildman–Crippen MR) is 94.4 cm³/mol. The molecule has 0 spiro atoms. The first-order chi connectivity index (χ1) is 11.1. The van der Waals surface area contributed by atoms with Gasteiger partial charge in [-0.25, -0.2) is 4.79 Å². The first-order valence-corrected chi connectivity index (χ1v) is 8.19. The van der Waals surface area contributed by atoms with E-state index in [1.165, 1.54) is 11.3 Å². The molecule has 0 unspecified atom stereocenters. The minimum Gasteiger partial charge on any atom is -0.385 e. The summed E-state index contributed by atoms with van der Waals surface area (Å²) in [7, 11) is 3.37. The fourth-order valence-electron chi connectivity index (χ4n) is 2.87. The molecule has 23 heavy (non-hydrogen) atoms. The number of hydrogen-bond donors (Lipinski definition) is 2. The van der Waals surface area contributed by atoms with Crippen LogP contribution in [0.25, 0.3) is 0 Å². The van der Waals surface area contributed by atoms with Crippen LogP contribution in [0.3, 0.4) is 0 Å². The zero-order valence-corrected chi connectivity index (χ0v) is 14.4. The van der Waals surface area contributed by atoms with Gasteiger partial charge in [0.25, 0.3) is 0 Å². The number of benzene rings is 1. The van der Waals surface area contributed by atoms with E-state index < -0.39 is 0 Å². The Kier molecular flexibility index (Phi) is 6.67. The molecule has 0 atom stereocenters. The van der Waals surface area contributed by atoms with Gasteiger partial charge in [0.2, 0.25) is 0 Å². The van der Waals surface area contributed by atoms with Crippen LogP contribution in [0.1, 0.15) is 12.0 Å². The van der Waals surface area contributed by atoms with E-state index in [9.17, 15) is 4.79 Å². The van der Waals surface area contributed by atoms with Gasteiger partial charge in [-0.15, -0.1) is 0 Å². The third kappa shape index (κ3) is 5.11. The number of carbonyl (C=O) groups excluding carboxylic acids is 1. The van der Waals surface area contributed by atoms with Crippen LogP contribution in [0.2, 0.25) is 0 Å². The Labute approximate surface area is 138 Å². The zero-order chi connectivity index (χ0) is 16.7. The molecule has 1 aliphatic heterocycles. The molecule has 1 heterocycles. The number of nitrogens with one attached hydrogen (secondary N) is 2. The van der Waals surface area contributed by atoms with E-state index in [1.54, 1.807) is 14.2 Å². The molecule has 2 amide bonds. The maximum absolute atomic E-state index is 11.5. The summed E-state index contributed by atoms with van der Waals surface area (Å²) in [5, 5.41) is 5.42. The molecule has 1 aliphatic rings. The summed E-state index contributed by atoms with van der Waals surface area (Å²) >= 11 is 0. The lowest BCUT2D eigenvalue weighted by molar-refractivity contribution is 0.169. The third-order valence-electron chi connectivity index (χ3n) is 4.23. The van der Waals surface area contributed by atoms with Gasteiger partial charge in [-0.1, -0.05) is 6.07 Å². The quantitative estimate of drug-likeness (QED) is 0.786. The average Bonchev–Trinajstić information content (AvgIpc) is 2.57. The van der Waals surface area contributed by atoms with Crippen LogP contribution in [0.4, 0.5) is 16.2 Å². The summed E-state index contributed by atoms with van der Waals surface area (Å²) in [5.41, 5.74) is 3.27. The van der Waals surface area contributed by atoms with Crippen molar-refractivity contribution in [3.8, 4) is 0 Å². The molecule has 0 saturated carbocycles. The number of piperazine rings is 1. The topological polar surface area (TPSA) is 56.8 Å². The molecule has 6 heteroatoms. The molecule has 128 valence electrons. The second-order valence-corrected chi connectivity index (χ2v) is 5.88. The fraction of sp³-hybridized carbons (Fsp3) is 0.588. The van der Waals surface area contributed by atoms with Gasteiger partial charge in [0.05, 0.1) is 0 Å². The maximum Gasteiger partial charge on any atom is 0.318 e. The summed E-state index contributed by atoms with van der Waals surface area (Å²) in [4.78, 5) is 16.4. The monoisotopic (exact) mass is 320 g/mol. The molecule has 6 nitrogen and oxygen atoms in total. The van der Waals surface area contributed by atoms with E-state index in [-0.39, 0.29) is 6.03 Å². The van der Waals surface area contributed by atoms with Crippen molar-refractivity contribution in [2.24, 2.45) is 0 Å². The average molecular weight is 320 g/mol. The first-order valence-electron chi connectivity index (χ1n) is 8.19. The largest absolute Gasteiger partial charge is 0.385 e. The molecule has 0 aliphatic carbocycles. The van der Waals surface area contributed by atoms with Gasteiger partial charge in [-0.3, -0.25) is 4.90 Å². The minimum absolute atomic E-state index is 0.192. The van der Waals surface area contributed by atoms with Gasteiger partial charge in [0.15, 0.2) is 0 Å². The number of rotatable bonds is 6. The lowest BCUT2D eigenvalue weighted by Crippen LogP contribution is -2.47. The minimum atomic E-state index is -0.192. The molecule has 1 saturated heterocycles. The number of aryl methyl sites for hydroxylation is 1. The summed E-state index contributed by atoms with van der Waals surface area (Å²) in [6.45, 7) is 8.19. The number of nitrogens with zero attached hydrogens (tertiary/aromatic N) is 2. The molecule has 2 N–H and O–H groups in total. The molecule has 0 bridgehead atoms. The summed E-state index contributed by atoms with van der Waals surface area (Å²) < 4.78 is 5.12. The van der Waals surface area contributed by atoms with Gasteiger partial charge >= 0.3 is 6.03 Å². The molecule has 0 radical (unpaired) electrons. The van der Waals surface area contributed by atoms with Crippen LogP contribution in [-0.4, -0.2) is 64.4 Å². The van der Waals surface area contributed by atoms with E-state index in [0.717, 1.165) is 51.4 Å². The lowest BCUT2D eigenvalue weighted by Gasteiger charge is -2.37. The van der Waals surface area contributed by atoms with E-state index in [2.05, 4.69) is 39.5 Å². The Morgan fingerprint density at radius 2 is 2.00 bits per heavy atom. The van der Waals surface area contributed by atoms with E-state index in [1.807, 2.05) is 6.07 Å². The molecule has 1 aromatic carbocycles. The number of ether oxygens (including phenoxy) is 1. The Hall–Kier alpha value is -1.79.